The molecule has 3 aromatic rings. The number of carboxylic acid groups (broad SMARTS) is 1. The molecular weight excluding hydrogens is 510 g/mol. The molecule has 1 atom stereocenters. The third kappa shape index (κ3) is 5.50. The first-order valence-corrected chi connectivity index (χ1v) is 14.9. The van der Waals surface area contributed by atoms with Gasteiger partial charge in [0, 0.05) is 34.7 Å². The van der Waals surface area contributed by atoms with Crippen LogP contribution >= 0.6 is 11.3 Å². The SMILES string of the molecule is CC1(c2ccc(-c3ccccc3-c3csc(N(C(=O)[C@@H](CC(=O)O)CC4CCCC4)C4CC4)n3)cn2)COC1. The highest BCUT2D eigenvalue weighted by Crippen LogP contribution is 2.41. The van der Waals surface area contributed by atoms with Crippen molar-refractivity contribution >= 4 is 28.3 Å². The van der Waals surface area contributed by atoms with Crippen LogP contribution in [0, 0.1) is 11.8 Å². The summed E-state index contributed by atoms with van der Waals surface area (Å²) in [5, 5.41) is 12.3. The number of carbonyl (C=O) groups is 2. The number of thiazole rings is 1. The third-order valence-corrected chi connectivity index (χ3v) is 9.29. The standard InChI is InChI=1S/C31H35N3O4S/c1-31(18-38-19-31)27-13-10-21(16-32-27)24-8-4-5-9-25(24)26-17-39-30(33-26)34(23-11-12-23)29(37)22(15-28(35)36)14-20-6-2-3-7-20/h4-5,8-10,13,16-17,20,22-23H,2-3,6-7,11-12,14-15,18-19H2,1H3,(H,35,36)/t22-/m1/s1. The Balaban J connectivity index is 1.27. The van der Waals surface area contributed by atoms with Gasteiger partial charge in [-0.2, -0.15) is 0 Å². The highest BCUT2D eigenvalue weighted by Gasteiger charge is 2.40. The number of aliphatic carboxylic acids is 1. The summed E-state index contributed by atoms with van der Waals surface area (Å²) in [5.41, 5.74) is 4.88. The van der Waals surface area contributed by atoms with E-state index in [2.05, 4.69) is 31.2 Å². The predicted molar refractivity (Wildman–Crippen MR) is 152 cm³/mol. The van der Waals surface area contributed by atoms with Crippen molar-refractivity contribution in [1.29, 1.82) is 0 Å². The molecule has 2 saturated carbocycles. The molecule has 1 amide bonds. The van der Waals surface area contributed by atoms with E-state index in [1.807, 2.05) is 28.6 Å². The van der Waals surface area contributed by atoms with E-state index in [4.69, 9.17) is 14.7 Å². The second kappa shape index (κ2) is 10.8. The normalized spacial score (nSPS) is 19.4. The van der Waals surface area contributed by atoms with Crippen LogP contribution < -0.4 is 4.90 Å². The number of carboxylic acids is 1. The van der Waals surface area contributed by atoms with Crippen LogP contribution in [0.3, 0.4) is 0 Å². The molecule has 39 heavy (non-hydrogen) atoms. The molecule has 0 radical (unpaired) electrons. The first-order valence-electron chi connectivity index (χ1n) is 14.1. The number of hydrogen-bond donors (Lipinski definition) is 1. The largest absolute Gasteiger partial charge is 0.481 e. The minimum absolute atomic E-state index is 0.0169. The van der Waals surface area contributed by atoms with Gasteiger partial charge in [-0.25, -0.2) is 4.98 Å². The summed E-state index contributed by atoms with van der Waals surface area (Å²) in [7, 11) is 0. The molecule has 3 heterocycles. The molecule has 1 aliphatic heterocycles. The minimum Gasteiger partial charge on any atom is -0.481 e. The van der Waals surface area contributed by atoms with E-state index in [9.17, 15) is 14.7 Å². The summed E-state index contributed by atoms with van der Waals surface area (Å²) in [4.78, 5) is 37.1. The van der Waals surface area contributed by atoms with Crippen LogP contribution in [0.1, 0.15) is 64.0 Å². The van der Waals surface area contributed by atoms with Crippen molar-refractivity contribution < 1.29 is 19.4 Å². The second-order valence-electron chi connectivity index (χ2n) is 11.7. The summed E-state index contributed by atoms with van der Waals surface area (Å²) in [6.07, 6.45) is 8.85. The van der Waals surface area contributed by atoms with Crippen molar-refractivity contribution in [3.8, 4) is 22.4 Å². The quantitative estimate of drug-likeness (QED) is 0.320. The first-order chi connectivity index (χ1) is 18.9. The van der Waals surface area contributed by atoms with Gasteiger partial charge in [-0.3, -0.25) is 19.5 Å². The highest BCUT2D eigenvalue weighted by atomic mass is 32.1. The maximum atomic E-state index is 13.8. The lowest BCUT2D eigenvalue weighted by Crippen LogP contribution is -2.44. The van der Waals surface area contributed by atoms with Crippen molar-refractivity contribution in [3.63, 3.8) is 0 Å². The Kier molecular flexibility index (Phi) is 7.25. The van der Waals surface area contributed by atoms with Gasteiger partial charge in [0.1, 0.15) is 0 Å². The van der Waals surface area contributed by atoms with Gasteiger partial charge in [-0.05, 0) is 43.7 Å². The Morgan fingerprint density at radius 1 is 1.10 bits per heavy atom. The number of anilines is 1. The number of rotatable bonds is 10. The zero-order valence-corrected chi connectivity index (χ0v) is 23.2. The molecule has 204 valence electrons. The van der Waals surface area contributed by atoms with Gasteiger partial charge < -0.3 is 9.84 Å². The maximum absolute atomic E-state index is 13.8. The van der Waals surface area contributed by atoms with Crippen LogP contribution in [0.15, 0.2) is 48.0 Å². The first kappa shape index (κ1) is 26.1. The van der Waals surface area contributed by atoms with E-state index in [1.165, 1.54) is 24.2 Å². The molecule has 0 unspecified atom stereocenters. The molecule has 2 aromatic heterocycles. The number of ether oxygens (including phenoxy) is 1. The van der Waals surface area contributed by atoms with Crippen LogP contribution in [0.25, 0.3) is 22.4 Å². The molecule has 3 aliphatic rings. The molecule has 1 aromatic carbocycles. The van der Waals surface area contributed by atoms with Gasteiger partial charge in [0.05, 0.1) is 36.4 Å². The molecule has 8 heteroatoms. The summed E-state index contributed by atoms with van der Waals surface area (Å²) in [6, 6.07) is 12.5. The van der Waals surface area contributed by atoms with Crippen LogP contribution in [0.2, 0.25) is 0 Å². The van der Waals surface area contributed by atoms with E-state index in [1.54, 1.807) is 0 Å². The predicted octanol–water partition coefficient (Wildman–Crippen LogP) is 6.33. The molecule has 6 rings (SSSR count). The van der Waals surface area contributed by atoms with E-state index in [0.29, 0.717) is 30.7 Å². The third-order valence-electron chi connectivity index (χ3n) is 8.45. The fraction of sp³-hybridized carbons (Fsp3) is 0.484. The fourth-order valence-electron chi connectivity index (χ4n) is 6.01. The molecule has 1 saturated heterocycles. The van der Waals surface area contributed by atoms with Crippen LogP contribution in [-0.2, 0) is 19.7 Å². The Labute approximate surface area is 233 Å². The van der Waals surface area contributed by atoms with Gasteiger partial charge in [0.2, 0.25) is 5.91 Å². The Hall–Kier alpha value is -3.10. The summed E-state index contributed by atoms with van der Waals surface area (Å²) < 4.78 is 5.41. The average Bonchev–Trinajstić information content (AvgIpc) is 3.39. The molecule has 2 aliphatic carbocycles. The highest BCUT2D eigenvalue weighted by molar-refractivity contribution is 7.14. The number of hydrogen-bond acceptors (Lipinski definition) is 6. The van der Waals surface area contributed by atoms with E-state index >= 15 is 0 Å². The Bertz CT molecular complexity index is 1340. The topological polar surface area (TPSA) is 92.6 Å². The second-order valence-corrected chi connectivity index (χ2v) is 12.5. The minimum atomic E-state index is -0.908. The van der Waals surface area contributed by atoms with Gasteiger partial charge in [0.15, 0.2) is 5.13 Å². The number of benzene rings is 1. The monoisotopic (exact) mass is 545 g/mol. The molecule has 7 nitrogen and oxygen atoms in total. The number of carbonyl (C=O) groups excluding carboxylic acids is 1. The molecule has 1 N–H and O–H groups in total. The number of aromatic nitrogens is 2. The van der Waals surface area contributed by atoms with Gasteiger partial charge in [-0.1, -0.05) is 56.0 Å². The number of nitrogens with zero attached hydrogens (tertiary/aromatic N) is 3. The van der Waals surface area contributed by atoms with Crippen molar-refractivity contribution in [2.24, 2.45) is 11.8 Å². The lowest BCUT2D eigenvalue weighted by Gasteiger charge is -2.37. The van der Waals surface area contributed by atoms with E-state index < -0.39 is 11.9 Å². The van der Waals surface area contributed by atoms with Gasteiger partial charge in [0.25, 0.3) is 0 Å². The van der Waals surface area contributed by atoms with Crippen molar-refractivity contribution in [1.82, 2.24) is 9.97 Å². The zero-order valence-electron chi connectivity index (χ0n) is 22.3. The molecule has 3 fully saturated rings. The van der Waals surface area contributed by atoms with Gasteiger partial charge in [-0.15, -0.1) is 11.3 Å². The Morgan fingerprint density at radius 3 is 2.46 bits per heavy atom. The molecule has 0 spiro atoms. The van der Waals surface area contributed by atoms with Crippen molar-refractivity contribution in [3.05, 3.63) is 53.7 Å². The maximum Gasteiger partial charge on any atom is 0.304 e. The van der Waals surface area contributed by atoms with Gasteiger partial charge >= 0.3 is 5.97 Å². The summed E-state index contributed by atoms with van der Waals surface area (Å²) in [5.74, 6) is -1.04. The van der Waals surface area contributed by atoms with Crippen molar-refractivity contribution in [2.45, 2.75) is 69.7 Å². The van der Waals surface area contributed by atoms with E-state index in [0.717, 1.165) is 53.8 Å². The lowest BCUT2D eigenvalue weighted by molar-refractivity contribution is -0.141. The number of amides is 1. The molecular formula is C31H35N3O4S. The number of pyridine rings is 1. The van der Waals surface area contributed by atoms with Crippen LogP contribution in [0.5, 0.6) is 0 Å². The summed E-state index contributed by atoms with van der Waals surface area (Å²) in [6.45, 7) is 3.56. The van der Waals surface area contributed by atoms with Crippen LogP contribution in [-0.4, -0.2) is 46.2 Å². The van der Waals surface area contributed by atoms with Crippen LogP contribution in [0.4, 0.5) is 5.13 Å². The summed E-state index contributed by atoms with van der Waals surface area (Å²) >= 11 is 1.47. The molecule has 0 bridgehead atoms. The fourth-order valence-corrected chi connectivity index (χ4v) is 6.91. The van der Waals surface area contributed by atoms with Crippen molar-refractivity contribution in [2.75, 3.05) is 18.1 Å². The Morgan fingerprint density at radius 2 is 1.85 bits per heavy atom. The lowest BCUT2D eigenvalue weighted by atomic mass is 9.84. The zero-order chi connectivity index (χ0) is 27.0. The smallest absolute Gasteiger partial charge is 0.304 e. The van der Waals surface area contributed by atoms with E-state index in [-0.39, 0.29) is 23.8 Å². The average molecular weight is 546 g/mol.